The smallest absolute Gasteiger partial charge is 0.257 e. The van der Waals surface area contributed by atoms with Gasteiger partial charge >= 0.3 is 0 Å². The monoisotopic (exact) mass is 480 g/mol. The Morgan fingerprint density at radius 2 is 1.91 bits per heavy atom. The molecule has 2 aromatic rings. The number of nitrogens with one attached hydrogen (secondary N) is 1. The molecule has 8 heteroatoms. The molecule has 0 bridgehead atoms. The summed E-state index contributed by atoms with van der Waals surface area (Å²) in [5.41, 5.74) is 3.54. The molecule has 1 N–H and O–H groups in total. The van der Waals surface area contributed by atoms with Gasteiger partial charge < -0.3 is 19.9 Å². The van der Waals surface area contributed by atoms with Crippen LogP contribution >= 0.6 is 11.3 Å². The Balaban J connectivity index is 1.53. The highest BCUT2D eigenvalue weighted by atomic mass is 32.1. The van der Waals surface area contributed by atoms with Gasteiger partial charge in [-0.25, -0.2) is 4.98 Å². The second-order valence-electron chi connectivity index (χ2n) is 8.94. The zero-order valence-corrected chi connectivity index (χ0v) is 20.9. The van der Waals surface area contributed by atoms with E-state index in [1.165, 1.54) is 11.3 Å². The number of methoxy groups -OCH3 is 1. The van der Waals surface area contributed by atoms with Gasteiger partial charge in [0.25, 0.3) is 5.91 Å². The van der Waals surface area contributed by atoms with Crippen molar-refractivity contribution in [2.75, 3.05) is 38.6 Å². The molecule has 0 radical (unpaired) electrons. The molecule has 1 aromatic heterocycles. The van der Waals surface area contributed by atoms with Crippen molar-refractivity contribution in [3.63, 3.8) is 0 Å². The van der Waals surface area contributed by atoms with Gasteiger partial charge in [-0.2, -0.15) is 0 Å². The molecule has 1 atom stereocenters. The number of hydrogen-bond acceptors (Lipinski definition) is 6. The summed E-state index contributed by atoms with van der Waals surface area (Å²) in [6.45, 7) is 14.6. The maximum absolute atomic E-state index is 13.5. The predicted octanol–water partition coefficient (Wildman–Crippen LogP) is 4.42. The van der Waals surface area contributed by atoms with E-state index < -0.39 is 0 Å². The average Bonchev–Trinajstić information content (AvgIpc) is 3.61. The summed E-state index contributed by atoms with van der Waals surface area (Å²) >= 11 is 1.48. The topological polar surface area (TPSA) is 74.8 Å². The summed E-state index contributed by atoms with van der Waals surface area (Å²) in [6, 6.07) is 3.89. The van der Waals surface area contributed by atoms with Crippen LogP contribution in [0, 0.1) is 12.8 Å². The molecular weight excluding hydrogens is 448 g/mol. The summed E-state index contributed by atoms with van der Waals surface area (Å²) in [7, 11) is 1.60. The molecule has 7 nitrogen and oxygen atoms in total. The van der Waals surface area contributed by atoms with E-state index in [4.69, 9.17) is 4.74 Å². The number of thiazole rings is 1. The molecule has 2 heterocycles. The van der Waals surface area contributed by atoms with E-state index in [0.29, 0.717) is 29.5 Å². The molecule has 180 valence electrons. The summed E-state index contributed by atoms with van der Waals surface area (Å²) in [4.78, 5) is 35.0. The predicted molar refractivity (Wildman–Crippen MR) is 136 cm³/mol. The number of carbonyl (C=O) groups excluding carboxylic acids is 2. The normalized spacial score (nSPS) is 16.7. The number of aryl methyl sites for hydroxylation is 1. The Kier molecular flexibility index (Phi) is 7.07. The van der Waals surface area contributed by atoms with Crippen LogP contribution in [-0.2, 0) is 4.79 Å². The molecule has 1 aromatic carbocycles. The van der Waals surface area contributed by atoms with Crippen LogP contribution in [0.5, 0.6) is 5.75 Å². The number of hydrogen-bond donors (Lipinski definition) is 1. The number of amides is 2. The van der Waals surface area contributed by atoms with Gasteiger partial charge in [-0.05, 0) is 49.1 Å². The van der Waals surface area contributed by atoms with Gasteiger partial charge in [-0.3, -0.25) is 9.59 Å². The fraction of sp³-hybridized carbons (Fsp3) is 0.423. The first-order chi connectivity index (χ1) is 16.3. The second-order valence-corrected chi connectivity index (χ2v) is 10.00. The number of anilines is 1. The average molecular weight is 481 g/mol. The molecule has 2 amide bonds. The highest BCUT2D eigenvalue weighted by Gasteiger charge is 2.30. The molecular formula is C26H32N4O3S. The van der Waals surface area contributed by atoms with E-state index in [-0.39, 0.29) is 23.7 Å². The van der Waals surface area contributed by atoms with Crippen molar-refractivity contribution < 1.29 is 14.3 Å². The standard InChI is InChI=1S/C26H32N4O3S/c1-6-17(3)29-9-11-30(12-10-29)25(32)21-14-20(16(2)13-22(21)33-5)18(4)23-15-27-26(34-23)28-24(31)19-7-8-19/h6,13-15,18-19H,1,3,7-12H2,2,4-5H3,(H,27,28,31). The number of rotatable bonds is 8. The maximum atomic E-state index is 13.5. The number of carbonyl (C=O) groups is 2. The third-order valence-corrected chi connectivity index (χ3v) is 7.72. The molecule has 4 rings (SSSR count). The second kappa shape index (κ2) is 10.0. The summed E-state index contributed by atoms with van der Waals surface area (Å²) in [6.07, 6.45) is 5.48. The minimum atomic E-state index is -0.0316. The lowest BCUT2D eigenvalue weighted by atomic mass is 9.92. The third-order valence-electron chi connectivity index (χ3n) is 6.62. The van der Waals surface area contributed by atoms with Gasteiger partial charge in [0.05, 0.1) is 12.7 Å². The summed E-state index contributed by atoms with van der Waals surface area (Å²) in [5, 5.41) is 3.55. The number of nitrogens with zero attached hydrogens (tertiary/aromatic N) is 3. The lowest BCUT2D eigenvalue weighted by Gasteiger charge is -2.36. The maximum Gasteiger partial charge on any atom is 0.257 e. The number of allylic oxidation sites excluding steroid dienone is 1. The Morgan fingerprint density at radius 1 is 1.24 bits per heavy atom. The Labute approximate surface area is 205 Å². The van der Waals surface area contributed by atoms with Gasteiger partial charge in [0.15, 0.2) is 5.13 Å². The Hall–Kier alpha value is -3.13. The van der Waals surface area contributed by atoms with E-state index in [1.807, 2.05) is 30.2 Å². The fourth-order valence-corrected chi connectivity index (χ4v) is 5.14. The highest BCUT2D eigenvalue weighted by molar-refractivity contribution is 7.15. The molecule has 2 fully saturated rings. The minimum absolute atomic E-state index is 0.0225. The molecule has 1 unspecified atom stereocenters. The SMILES string of the molecule is C=CC(=C)N1CCN(C(=O)c2cc(C(C)c3cnc(NC(=O)C4CC4)s3)c(C)cc2OC)CC1. The van der Waals surface area contributed by atoms with Crippen LogP contribution in [0.25, 0.3) is 0 Å². The van der Waals surface area contributed by atoms with Crippen LogP contribution < -0.4 is 10.1 Å². The molecule has 1 aliphatic carbocycles. The largest absolute Gasteiger partial charge is 0.496 e. The third kappa shape index (κ3) is 5.01. The molecule has 34 heavy (non-hydrogen) atoms. The van der Waals surface area contributed by atoms with Crippen molar-refractivity contribution in [2.45, 2.75) is 32.6 Å². The lowest BCUT2D eigenvalue weighted by Crippen LogP contribution is -2.48. The zero-order chi connectivity index (χ0) is 24.4. The molecule has 2 aliphatic rings. The van der Waals surface area contributed by atoms with Crippen molar-refractivity contribution in [1.29, 1.82) is 0 Å². The van der Waals surface area contributed by atoms with Crippen LogP contribution in [0.2, 0.25) is 0 Å². The van der Waals surface area contributed by atoms with Gasteiger partial charge in [0.2, 0.25) is 5.91 Å². The van der Waals surface area contributed by atoms with E-state index in [9.17, 15) is 9.59 Å². The highest BCUT2D eigenvalue weighted by Crippen LogP contribution is 2.37. The molecule has 1 aliphatic heterocycles. The number of ether oxygens (including phenoxy) is 1. The van der Waals surface area contributed by atoms with Crippen LogP contribution in [-0.4, -0.2) is 59.9 Å². The first-order valence-corrected chi connectivity index (χ1v) is 12.4. The van der Waals surface area contributed by atoms with Crippen LogP contribution in [0.1, 0.15) is 52.0 Å². The van der Waals surface area contributed by atoms with Crippen LogP contribution in [0.4, 0.5) is 5.13 Å². The van der Waals surface area contributed by atoms with Crippen molar-refractivity contribution >= 4 is 28.3 Å². The van der Waals surface area contributed by atoms with Gasteiger partial charge in [0, 0.05) is 54.8 Å². The van der Waals surface area contributed by atoms with Gasteiger partial charge in [-0.1, -0.05) is 20.1 Å². The first-order valence-electron chi connectivity index (χ1n) is 11.6. The summed E-state index contributed by atoms with van der Waals surface area (Å²) < 4.78 is 5.59. The van der Waals surface area contributed by atoms with E-state index >= 15 is 0 Å². The van der Waals surface area contributed by atoms with Crippen LogP contribution in [0.15, 0.2) is 43.3 Å². The van der Waals surface area contributed by atoms with Crippen molar-refractivity contribution in [2.24, 2.45) is 5.92 Å². The number of aromatic nitrogens is 1. The quantitative estimate of drug-likeness (QED) is 0.566. The Morgan fingerprint density at radius 3 is 2.53 bits per heavy atom. The first kappa shape index (κ1) is 24.0. The van der Waals surface area contributed by atoms with Gasteiger partial charge in [0.1, 0.15) is 5.75 Å². The van der Waals surface area contributed by atoms with Gasteiger partial charge in [-0.15, -0.1) is 11.3 Å². The lowest BCUT2D eigenvalue weighted by molar-refractivity contribution is -0.117. The van der Waals surface area contributed by atoms with Crippen molar-refractivity contribution in [1.82, 2.24) is 14.8 Å². The summed E-state index contributed by atoms with van der Waals surface area (Å²) in [5.74, 6) is 0.765. The molecule has 1 saturated carbocycles. The Bertz CT molecular complexity index is 1110. The fourth-order valence-electron chi connectivity index (χ4n) is 4.25. The van der Waals surface area contributed by atoms with E-state index in [2.05, 4.69) is 35.3 Å². The molecule has 1 saturated heterocycles. The van der Waals surface area contributed by atoms with E-state index in [1.54, 1.807) is 13.2 Å². The number of benzene rings is 1. The van der Waals surface area contributed by atoms with E-state index in [0.717, 1.165) is 47.6 Å². The zero-order valence-electron chi connectivity index (χ0n) is 20.1. The molecule has 0 spiro atoms. The minimum Gasteiger partial charge on any atom is -0.496 e. The van der Waals surface area contributed by atoms with Crippen LogP contribution in [0.3, 0.4) is 0 Å². The number of piperazine rings is 1. The van der Waals surface area contributed by atoms with Crippen molar-refractivity contribution in [3.05, 3.63) is 64.8 Å². The van der Waals surface area contributed by atoms with Crippen molar-refractivity contribution in [3.8, 4) is 5.75 Å².